The summed E-state index contributed by atoms with van der Waals surface area (Å²) in [7, 11) is 0. The molecule has 0 unspecified atom stereocenters. The number of hydrogen-bond acceptors (Lipinski definition) is 4. The zero-order valence-electron chi connectivity index (χ0n) is 10.1. The van der Waals surface area contributed by atoms with Crippen LogP contribution in [0, 0.1) is 0 Å². The van der Waals surface area contributed by atoms with E-state index in [1.54, 1.807) is 19.3 Å². The quantitative estimate of drug-likeness (QED) is 0.801. The van der Waals surface area contributed by atoms with Crippen LogP contribution in [0.3, 0.4) is 0 Å². The molecule has 0 aliphatic rings. The van der Waals surface area contributed by atoms with E-state index in [4.69, 9.17) is 0 Å². The Labute approximate surface area is 106 Å². The lowest BCUT2D eigenvalue weighted by atomic mass is 10.3. The third-order valence-corrected chi connectivity index (χ3v) is 3.72. The Bertz CT molecular complexity index is 344. The van der Waals surface area contributed by atoms with E-state index in [0.29, 0.717) is 12.3 Å². The zero-order valence-corrected chi connectivity index (χ0v) is 10.9. The number of nitrogens with zero attached hydrogens (tertiary/aromatic N) is 1. The van der Waals surface area contributed by atoms with E-state index in [1.165, 1.54) is 11.8 Å². The molecule has 0 saturated carbocycles. The molecule has 1 aromatic rings. The monoisotopic (exact) mass is 254 g/mol. The molecule has 17 heavy (non-hydrogen) atoms. The molecule has 0 radical (unpaired) electrons. The number of carbonyl (C=O) groups excluding carboxylic acids is 1. The van der Waals surface area contributed by atoms with Gasteiger partial charge in [0.15, 0.2) is 0 Å². The Kier molecular flexibility index (Phi) is 6.00. The Morgan fingerprint density at radius 2 is 2.35 bits per heavy atom. The van der Waals surface area contributed by atoms with Crippen LogP contribution in [0.25, 0.3) is 0 Å². The van der Waals surface area contributed by atoms with E-state index in [9.17, 15) is 9.90 Å². The minimum absolute atomic E-state index is 0.0219. The number of carbonyl (C=O) groups is 1. The van der Waals surface area contributed by atoms with Crippen LogP contribution >= 0.6 is 11.8 Å². The third kappa shape index (κ3) is 5.70. The summed E-state index contributed by atoms with van der Waals surface area (Å²) >= 11 is 1.45. The molecule has 1 rings (SSSR count). The Balaban J connectivity index is 2.22. The van der Waals surface area contributed by atoms with Crippen molar-refractivity contribution in [2.45, 2.75) is 31.7 Å². The van der Waals surface area contributed by atoms with Gasteiger partial charge in [0, 0.05) is 24.2 Å². The lowest BCUT2D eigenvalue weighted by Crippen LogP contribution is -2.26. The van der Waals surface area contributed by atoms with E-state index >= 15 is 0 Å². The van der Waals surface area contributed by atoms with Crippen LogP contribution in [-0.2, 0) is 11.3 Å². The predicted molar refractivity (Wildman–Crippen MR) is 69.7 cm³/mol. The van der Waals surface area contributed by atoms with E-state index in [0.717, 1.165) is 5.56 Å². The van der Waals surface area contributed by atoms with Crippen LogP contribution in [0.15, 0.2) is 24.5 Å². The number of aliphatic hydroxyl groups is 1. The fourth-order valence-corrected chi connectivity index (χ4v) is 1.90. The number of nitrogens with one attached hydrogen (secondary N) is 1. The molecular formula is C12H18N2O2S. The molecule has 0 aliphatic heterocycles. The number of aliphatic hydroxyl groups excluding tert-OH is 1. The fourth-order valence-electron chi connectivity index (χ4n) is 1.10. The van der Waals surface area contributed by atoms with Gasteiger partial charge in [0.05, 0.1) is 11.9 Å². The van der Waals surface area contributed by atoms with Gasteiger partial charge in [-0.2, -0.15) is 0 Å². The minimum Gasteiger partial charge on any atom is -0.392 e. The molecule has 0 aliphatic carbocycles. The van der Waals surface area contributed by atoms with Crippen molar-refractivity contribution in [3.63, 3.8) is 0 Å². The molecule has 5 heteroatoms. The van der Waals surface area contributed by atoms with Crippen molar-refractivity contribution in [3.05, 3.63) is 30.1 Å². The largest absolute Gasteiger partial charge is 0.392 e. The molecule has 4 nitrogen and oxygen atoms in total. The van der Waals surface area contributed by atoms with Gasteiger partial charge < -0.3 is 10.4 Å². The van der Waals surface area contributed by atoms with Crippen LogP contribution in [0.1, 0.15) is 19.4 Å². The summed E-state index contributed by atoms with van der Waals surface area (Å²) in [5.41, 5.74) is 0.981. The Morgan fingerprint density at radius 3 is 2.94 bits per heavy atom. The van der Waals surface area contributed by atoms with Gasteiger partial charge in [-0.1, -0.05) is 13.0 Å². The van der Waals surface area contributed by atoms with Gasteiger partial charge in [-0.05, 0) is 18.6 Å². The van der Waals surface area contributed by atoms with Crippen molar-refractivity contribution in [3.8, 4) is 0 Å². The van der Waals surface area contributed by atoms with Gasteiger partial charge in [0.1, 0.15) is 0 Å². The van der Waals surface area contributed by atoms with Gasteiger partial charge >= 0.3 is 0 Å². The van der Waals surface area contributed by atoms with Crippen molar-refractivity contribution in [1.29, 1.82) is 0 Å². The molecule has 0 fully saturated rings. The number of amides is 1. The summed E-state index contributed by atoms with van der Waals surface area (Å²) in [5, 5.41) is 12.2. The Morgan fingerprint density at radius 1 is 1.59 bits per heavy atom. The summed E-state index contributed by atoms with van der Waals surface area (Å²) in [5.74, 6) is 0.345. The molecule has 2 atom stereocenters. The first kappa shape index (κ1) is 14.0. The summed E-state index contributed by atoms with van der Waals surface area (Å²) in [6.07, 6.45) is 3.03. The van der Waals surface area contributed by atoms with Crippen LogP contribution in [0.2, 0.25) is 0 Å². The molecule has 1 amide bonds. The first-order valence-electron chi connectivity index (χ1n) is 5.55. The van der Waals surface area contributed by atoms with E-state index in [1.807, 2.05) is 19.1 Å². The summed E-state index contributed by atoms with van der Waals surface area (Å²) in [6.45, 7) is 4.13. The van der Waals surface area contributed by atoms with Crippen molar-refractivity contribution >= 4 is 17.7 Å². The molecule has 1 aromatic heterocycles. The number of hydrogen-bond donors (Lipinski definition) is 2. The van der Waals surface area contributed by atoms with Gasteiger partial charge in [0.2, 0.25) is 5.91 Å². The zero-order chi connectivity index (χ0) is 12.7. The molecule has 94 valence electrons. The van der Waals surface area contributed by atoms with Gasteiger partial charge in [-0.3, -0.25) is 9.78 Å². The van der Waals surface area contributed by atoms with Crippen LogP contribution in [0.5, 0.6) is 0 Å². The van der Waals surface area contributed by atoms with Crippen molar-refractivity contribution in [2.24, 2.45) is 0 Å². The van der Waals surface area contributed by atoms with E-state index in [-0.39, 0.29) is 11.2 Å². The van der Waals surface area contributed by atoms with Gasteiger partial charge in [-0.15, -0.1) is 11.8 Å². The smallest absolute Gasteiger partial charge is 0.230 e. The highest BCUT2D eigenvalue weighted by Gasteiger charge is 2.11. The maximum atomic E-state index is 11.5. The summed E-state index contributed by atoms with van der Waals surface area (Å²) in [6, 6.07) is 3.75. The van der Waals surface area contributed by atoms with E-state index in [2.05, 4.69) is 10.3 Å². The SMILES string of the molecule is C[C@@H](O)[C@@H](C)SCC(=O)NCc1cccnc1. The maximum Gasteiger partial charge on any atom is 0.230 e. The van der Waals surface area contributed by atoms with Crippen molar-refractivity contribution in [1.82, 2.24) is 10.3 Å². The highest BCUT2D eigenvalue weighted by Crippen LogP contribution is 2.13. The van der Waals surface area contributed by atoms with Crippen molar-refractivity contribution in [2.75, 3.05) is 5.75 Å². The predicted octanol–water partition coefficient (Wildman–Crippen LogP) is 1.20. The van der Waals surface area contributed by atoms with Gasteiger partial charge in [0.25, 0.3) is 0 Å². The maximum absolute atomic E-state index is 11.5. The fraction of sp³-hybridized carbons (Fsp3) is 0.500. The number of thioether (sulfide) groups is 1. The molecular weight excluding hydrogens is 236 g/mol. The molecule has 0 aromatic carbocycles. The van der Waals surface area contributed by atoms with E-state index < -0.39 is 6.10 Å². The van der Waals surface area contributed by atoms with Crippen LogP contribution in [0.4, 0.5) is 0 Å². The van der Waals surface area contributed by atoms with Crippen LogP contribution < -0.4 is 5.32 Å². The standard InChI is InChI=1S/C12H18N2O2S/c1-9(15)10(2)17-8-12(16)14-7-11-4-3-5-13-6-11/h3-6,9-10,15H,7-8H2,1-2H3,(H,14,16)/t9-,10-/m1/s1. The summed E-state index contributed by atoms with van der Waals surface area (Å²) in [4.78, 5) is 15.5. The second-order valence-electron chi connectivity index (χ2n) is 3.89. The molecule has 0 bridgehead atoms. The topological polar surface area (TPSA) is 62.2 Å². The highest BCUT2D eigenvalue weighted by molar-refractivity contribution is 8.00. The lowest BCUT2D eigenvalue weighted by molar-refractivity contribution is -0.118. The molecule has 0 saturated heterocycles. The molecule has 1 heterocycles. The average Bonchev–Trinajstić information content (AvgIpc) is 2.34. The number of aromatic nitrogens is 1. The third-order valence-electron chi connectivity index (χ3n) is 2.37. The second kappa shape index (κ2) is 7.29. The second-order valence-corrected chi connectivity index (χ2v) is 5.26. The number of rotatable bonds is 6. The summed E-state index contributed by atoms with van der Waals surface area (Å²) < 4.78 is 0. The van der Waals surface area contributed by atoms with Crippen LogP contribution in [-0.4, -0.2) is 33.1 Å². The molecule has 0 spiro atoms. The molecule has 2 N–H and O–H groups in total. The number of pyridine rings is 1. The van der Waals surface area contributed by atoms with Gasteiger partial charge in [-0.25, -0.2) is 0 Å². The average molecular weight is 254 g/mol. The first-order valence-corrected chi connectivity index (χ1v) is 6.59. The van der Waals surface area contributed by atoms with Crippen molar-refractivity contribution < 1.29 is 9.90 Å². The normalized spacial score (nSPS) is 14.1. The Hall–Kier alpha value is -1.07. The highest BCUT2D eigenvalue weighted by atomic mass is 32.2. The lowest BCUT2D eigenvalue weighted by Gasteiger charge is -2.13. The first-order chi connectivity index (χ1) is 8.09. The minimum atomic E-state index is -0.397.